The molecule has 0 bridgehead atoms. The fraction of sp³-hybridized carbons (Fsp3) is 0.0385. The molecule has 0 atom stereocenters. The second-order valence-corrected chi connectivity index (χ2v) is 9.07. The van der Waals surface area contributed by atoms with Crippen LogP contribution in [0.5, 0.6) is 0 Å². The summed E-state index contributed by atoms with van der Waals surface area (Å²) in [6.45, 7) is 0.0858. The molecule has 5 rings (SSSR count). The molecule has 0 saturated carbocycles. The first-order valence-electron chi connectivity index (χ1n) is 10.5. The third-order valence-corrected chi connectivity index (χ3v) is 6.48. The zero-order chi connectivity index (χ0) is 23.7. The Morgan fingerprint density at radius 3 is 2.41 bits per heavy atom. The molecule has 2 heterocycles. The smallest absolute Gasteiger partial charge is 0.298 e. The number of carbonyl (C=O) groups excluding carboxylic acids is 3. The molecule has 3 amide bonds. The van der Waals surface area contributed by atoms with Crippen LogP contribution in [0.2, 0.25) is 5.02 Å². The molecular weight excluding hydrogens is 470 g/mol. The van der Waals surface area contributed by atoms with Crippen molar-refractivity contribution in [2.75, 3.05) is 10.2 Å². The van der Waals surface area contributed by atoms with E-state index in [1.165, 1.54) is 4.90 Å². The third kappa shape index (κ3) is 4.35. The van der Waals surface area contributed by atoms with Crippen LogP contribution in [0.3, 0.4) is 0 Å². The molecule has 1 saturated heterocycles. The van der Waals surface area contributed by atoms with E-state index in [9.17, 15) is 14.4 Å². The fourth-order valence-electron chi connectivity index (χ4n) is 3.82. The van der Waals surface area contributed by atoms with Gasteiger partial charge in [-0.2, -0.15) is 0 Å². The van der Waals surface area contributed by atoms with Crippen molar-refractivity contribution in [3.63, 3.8) is 0 Å². The first kappa shape index (κ1) is 22.0. The maximum atomic E-state index is 13.0. The highest BCUT2D eigenvalue weighted by Crippen LogP contribution is 2.36. The number of halogens is 1. The number of nitrogens with one attached hydrogen (secondary N) is 1. The van der Waals surface area contributed by atoms with Crippen LogP contribution in [-0.2, 0) is 16.1 Å². The Morgan fingerprint density at radius 1 is 0.941 bits per heavy atom. The number of benzene rings is 3. The van der Waals surface area contributed by atoms with Gasteiger partial charge in [-0.1, -0.05) is 48.0 Å². The highest BCUT2D eigenvalue weighted by Gasteiger charge is 2.36. The molecule has 34 heavy (non-hydrogen) atoms. The van der Waals surface area contributed by atoms with Crippen molar-refractivity contribution in [1.82, 2.24) is 4.57 Å². The summed E-state index contributed by atoms with van der Waals surface area (Å²) in [6.07, 6.45) is 3.53. The molecule has 1 aliphatic heterocycles. The van der Waals surface area contributed by atoms with E-state index in [0.29, 0.717) is 21.3 Å². The predicted octanol–water partition coefficient (Wildman–Crippen LogP) is 6.17. The standard InChI is InChI=1S/C26H18ClN3O3S/c27-18-10-12-19(13-11-18)28-24(31)16-29-15-17(21-8-4-5-9-22(21)29)14-23-25(32)30(26(33)34-23)20-6-2-1-3-7-20/h1-15H,16H2,(H,28,31). The van der Waals surface area contributed by atoms with Gasteiger partial charge in [0.2, 0.25) is 5.91 Å². The predicted molar refractivity (Wildman–Crippen MR) is 137 cm³/mol. The summed E-state index contributed by atoms with van der Waals surface area (Å²) in [7, 11) is 0. The summed E-state index contributed by atoms with van der Waals surface area (Å²) in [5, 5.41) is 3.99. The summed E-state index contributed by atoms with van der Waals surface area (Å²) >= 11 is 6.81. The van der Waals surface area contributed by atoms with Crippen LogP contribution < -0.4 is 10.2 Å². The normalized spacial score (nSPS) is 14.9. The van der Waals surface area contributed by atoms with Gasteiger partial charge in [0, 0.05) is 33.4 Å². The quantitative estimate of drug-likeness (QED) is 0.341. The van der Waals surface area contributed by atoms with Gasteiger partial charge in [-0.3, -0.25) is 14.4 Å². The van der Waals surface area contributed by atoms with Crippen LogP contribution in [0.4, 0.5) is 16.2 Å². The number of carbonyl (C=O) groups is 3. The van der Waals surface area contributed by atoms with E-state index >= 15 is 0 Å². The van der Waals surface area contributed by atoms with E-state index in [1.54, 1.807) is 54.6 Å². The number of rotatable bonds is 5. The van der Waals surface area contributed by atoms with Crippen LogP contribution in [0.15, 0.2) is 90.0 Å². The van der Waals surface area contributed by atoms with Crippen molar-refractivity contribution in [3.8, 4) is 0 Å². The highest BCUT2D eigenvalue weighted by atomic mass is 35.5. The second-order valence-electron chi connectivity index (χ2n) is 7.64. The second kappa shape index (κ2) is 9.21. The molecule has 0 aliphatic carbocycles. The lowest BCUT2D eigenvalue weighted by atomic mass is 10.1. The van der Waals surface area contributed by atoms with E-state index in [2.05, 4.69) is 5.32 Å². The minimum absolute atomic E-state index is 0.0858. The Balaban J connectivity index is 1.43. The number of imide groups is 1. The van der Waals surface area contributed by atoms with Crippen molar-refractivity contribution in [1.29, 1.82) is 0 Å². The molecule has 1 aromatic heterocycles. The monoisotopic (exact) mass is 487 g/mol. The molecule has 6 nitrogen and oxygen atoms in total. The number of aromatic nitrogens is 1. The number of thioether (sulfide) groups is 1. The number of anilines is 2. The Kier molecular flexibility index (Phi) is 5.96. The molecule has 8 heteroatoms. The van der Waals surface area contributed by atoms with Gasteiger partial charge in [0.25, 0.3) is 11.1 Å². The van der Waals surface area contributed by atoms with Gasteiger partial charge in [-0.25, -0.2) is 4.90 Å². The van der Waals surface area contributed by atoms with E-state index in [4.69, 9.17) is 11.6 Å². The molecule has 168 valence electrons. The van der Waals surface area contributed by atoms with Crippen LogP contribution in [0, 0.1) is 0 Å². The summed E-state index contributed by atoms with van der Waals surface area (Å²) in [5.41, 5.74) is 2.80. The average molecular weight is 488 g/mol. The molecule has 4 aromatic rings. The van der Waals surface area contributed by atoms with Crippen molar-refractivity contribution in [3.05, 3.63) is 101 Å². The first-order valence-corrected chi connectivity index (χ1v) is 11.7. The lowest BCUT2D eigenvalue weighted by Crippen LogP contribution is -2.27. The maximum Gasteiger partial charge on any atom is 0.298 e. The average Bonchev–Trinajstić information content (AvgIpc) is 3.32. The van der Waals surface area contributed by atoms with E-state index < -0.39 is 0 Å². The lowest BCUT2D eigenvalue weighted by Gasteiger charge is -2.11. The van der Waals surface area contributed by atoms with Gasteiger partial charge in [0.15, 0.2) is 0 Å². The first-order chi connectivity index (χ1) is 16.5. The third-order valence-electron chi connectivity index (χ3n) is 5.36. The highest BCUT2D eigenvalue weighted by molar-refractivity contribution is 8.19. The summed E-state index contributed by atoms with van der Waals surface area (Å²) in [6, 6.07) is 23.4. The molecule has 1 aliphatic rings. The fourth-order valence-corrected chi connectivity index (χ4v) is 4.78. The number of fused-ring (bicyclic) bond motifs is 1. The molecule has 1 N–H and O–H groups in total. The Bertz CT molecular complexity index is 1450. The minimum Gasteiger partial charge on any atom is -0.337 e. The van der Waals surface area contributed by atoms with E-state index in [1.807, 2.05) is 41.1 Å². The maximum absolute atomic E-state index is 13.0. The van der Waals surface area contributed by atoms with Gasteiger partial charge in [-0.15, -0.1) is 0 Å². The van der Waals surface area contributed by atoms with Gasteiger partial charge in [-0.05, 0) is 60.3 Å². The minimum atomic E-state index is -0.362. The Labute approximate surface area is 204 Å². The van der Waals surface area contributed by atoms with Gasteiger partial charge < -0.3 is 9.88 Å². The van der Waals surface area contributed by atoms with Crippen LogP contribution >= 0.6 is 23.4 Å². The van der Waals surface area contributed by atoms with Crippen molar-refractivity contribution in [2.24, 2.45) is 0 Å². The van der Waals surface area contributed by atoms with Crippen LogP contribution in [0.1, 0.15) is 5.56 Å². The molecule has 1 fully saturated rings. The summed E-state index contributed by atoms with van der Waals surface area (Å²) < 4.78 is 1.83. The molecule has 0 spiro atoms. The van der Waals surface area contributed by atoms with Crippen LogP contribution in [-0.4, -0.2) is 21.6 Å². The Hall–Kier alpha value is -3.81. The van der Waals surface area contributed by atoms with Gasteiger partial charge in [0.05, 0.1) is 10.6 Å². The largest absolute Gasteiger partial charge is 0.337 e. The number of hydrogen-bond acceptors (Lipinski definition) is 4. The van der Waals surface area contributed by atoms with Crippen molar-refractivity contribution in [2.45, 2.75) is 6.54 Å². The van der Waals surface area contributed by atoms with Gasteiger partial charge in [0.1, 0.15) is 6.54 Å². The van der Waals surface area contributed by atoms with E-state index in [0.717, 1.165) is 28.2 Å². The Morgan fingerprint density at radius 2 is 1.65 bits per heavy atom. The molecular formula is C26H18ClN3O3S. The number of hydrogen-bond donors (Lipinski definition) is 1. The SMILES string of the molecule is O=C(Cn1cc(C=C2SC(=O)N(c3ccccc3)C2=O)c2ccccc21)Nc1ccc(Cl)cc1. The molecule has 3 aromatic carbocycles. The zero-order valence-electron chi connectivity index (χ0n) is 17.8. The number of nitrogens with zero attached hydrogens (tertiary/aromatic N) is 2. The summed E-state index contributed by atoms with van der Waals surface area (Å²) in [5.74, 6) is -0.558. The number of amides is 3. The topological polar surface area (TPSA) is 71.4 Å². The van der Waals surface area contributed by atoms with Gasteiger partial charge >= 0.3 is 0 Å². The molecule has 0 unspecified atom stereocenters. The molecule has 0 radical (unpaired) electrons. The lowest BCUT2D eigenvalue weighted by molar-refractivity contribution is -0.116. The van der Waals surface area contributed by atoms with E-state index in [-0.39, 0.29) is 23.6 Å². The summed E-state index contributed by atoms with van der Waals surface area (Å²) in [4.78, 5) is 39.7. The van der Waals surface area contributed by atoms with Crippen molar-refractivity contribution < 1.29 is 14.4 Å². The zero-order valence-corrected chi connectivity index (χ0v) is 19.3. The van der Waals surface area contributed by atoms with Crippen LogP contribution in [0.25, 0.3) is 17.0 Å². The van der Waals surface area contributed by atoms with Crippen molar-refractivity contribution >= 4 is 68.8 Å². The number of para-hydroxylation sites is 2.